The zero-order valence-electron chi connectivity index (χ0n) is 8.69. The third-order valence-electron chi connectivity index (χ3n) is 2.44. The highest BCUT2D eigenvalue weighted by Crippen LogP contribution is 2.34. The van der Waals surface area contributed by atoms with Crippen molar-refractivity contribution in [3.63, 3.8) is 0 Å². The van der Waals surface area contributed by atoms with Gasteiger partial charge in [-0.25, -0.2) is 0 Å². The Bertz CT molecular complexity index is 457. The molecule has 0 saturated carbocycles. The first kappa shape index (κ1) is 10.5. The molecule has 1 aromatic carbocycles. The number of benzene rings is 1. The van der Waals surface area contributed by atoms with Crippen LogP contribution >= 0.6 is 0 Å². The Kier molecular flexibility index (Phi) is 2.30. The van der Waals surface area contributed by atoms with Gasteiger partial charge in [-0.15, -0.1) is 0 Å². The minimum Gasteiger partial charge on any atom is -0.481 e. The van der Waals surface area contributed by atoms with Crippen LogP contribution in [0.5, 0.6) is 5.75 Å². The quantitative estimate of drug-likeness (QED) is 0.788. The van der Waals surface area contributed by atoms with E-state index in [0.717, 1.165) is 0 Å². The van der Waals surface area contributed by atoms with Crippen LogP contribution in [0.4, 0.5) is 5.69 Å². The average Bonchev–Trinajstić information content (AvgIpc) is 2.18. The third-order valence-corrected chi connectivity index (χ3v) is 2.44. The van der Waals surface area contributed by atoms with E-state index in [1.54, 1.807) is 24.3 Å². The van der Waals surface area contributed by atoms with Crippen molar-refractivity contribution in [2.75, 3.05) is 5.32 Å². The van der Waals surface area contributed by atoms with Crippen molar-refractivity contribution in [2.24, 2.45) is 0 Å². The fourth-order valence-electron chi connectivity index (χ4n) is 1.61. The minimum atomic E-state index is -1.35. The molecule has 2 N–H and O–H groups in total. The second kappa shape index (κ2) is 3.52. The number of amides is 1. The van der Waals surface area contributed by atoms with Crippen molar-refractivity contribution in [3.8, 4) is 5.75 Å². The second-order valence-electron chi connectivity index (χ2n) is 3.85. The molecule has 0 bridgehead atoms. The standard InChI is InChI=1S/C11H11NO4/c1-11(6-9(13)14)10(15)12-7-4-2-3-5-8(7)16-11/h2-5H,6H2,1H3,(H,12,15)(H,13,14). The van der Waals surface area contributed by atoms with Gasteiger partial charge in [-0.3, -0.25) is 9.59 Å². The van der Waals surface area contributed by atoms with E-state index in [1.807, 2.05) is 0 Å². The van der Waals surface area contributed by atoms with E-state index in [9.17, 15) is 9.59 Å². The number of anilines is 1. The normalized spacial score (nSPS) is 22.9. The molecule has 5 nitrogen and oxygen atoms in total. The van der Waals surface area contributed by atoms with Gasteiger partial charge in [-0.1, -0.05) is 12.1 Å². The summed E-state index contributed by atoms with van der Waals surface area (Å²) in [5.41, 5.74) is -0.782. The van der Waals surface area contributed by atoms with E-state index in [1.165, 1.54) is 6.92 Å². The summed E-state index contributed by atoms with van der Waals surface area (Å²) in [7, 11) is 0. The molecule has 1 unspecified atom stereocenters. The molecule has 5 heteroatoms. The van der Waals surface area contributed by atoms with E-state index < -0.39 is 17.5 Å². The Morgan fingerprint density at radius 3 is 2.88 bits per heavy atom. The zero-order chi connectivity index (χ0) is 11.8. The highest BCUT2D eigenvalue weighted by Gasteiger charge is 2.41. The first-order chi connectivity index (χ1) is 7.51. The summed E-state index contributed by atoms with van der Waals surface area (Å²) in [6.45, 7) is 1.46. The molecule has 0 spiro atoms. The van der Waals surface area contributed by atoms with Gasteiger partial charge in [-0.2, -0.15) is 0 Å². The third kappa shape index (κ3) is 1.71. The number of fused-ring (bicyclic) bond motifs is 1. The molecule has 1 aromatic rings. The van der Waals surface area contributed by atoms with E-state index in [0.29, 0.717) is 11.4 Å². The van der Waals surface area contributed by atoms with Gasteiger partial charge in [0.2, 0.25) is 0 Å². The molecule has 0 fully saturated rings. The zero-order valence-corrected chi connectivity index (χ0v) is 8.69. The molecule has 1 aliphatic heterocycles. The van der Waals surface area contributed by atoms with Crippen molar-refractivity contribution in [1.82, 2.24) is 0 Å². The molecule has 0 aromatic heterocycles. The van der Waals surface area contributed by atoms with Gasteiger partial charge < -0.3 is 15.2 Å². The summed E-state index contributed by atoms with van der Waals surface area (Å²) in [5, 5.41) is 11.4. The van der Waals surface area contributed by atoms with Gasteiger partial charge in [0.05, 0.1) is 12.1 Å². The highest BCUT2D eigenvalue weighted by atomic mass is 16.5. The van der Waals surface area contributed by atoms with Crippen LogP contribution in [0.1, 0.15) is 13.3 Å². The lowest BCUT2D eigenvalue weighted by Gasteiger charge is -2.33. The Hall–Kier alpha value is -2.04. The summed E-state index contributed by atoms with van der Waals surface area (Å²) in [6, 6.07) is 6.92. The van der Waals surface area contributed by atoms with Crippen molar-refractivity contribution in [1.29, 1.82) is 0 Å². The number of aliphatic carboxylic acids is 1. The molecule has 1 aliphatic rings. The molecule has 2 rings (SSSR count). The number of rotatable bonds is 2. The number of hydrogen-bond acceptors (Lipinski definition) is 3. The SMILES string of the molecule is CC1(CC(=O)O)Oc2ccccc2NC1=O. The van der Waals surface area contributed by atoms with E-state index in [2.05, 4.69) is 5.32 Å². The Labute approximate surface area is 92.0 Å². The van der Waals surface area contributed by atoms with Crippen LogP contribution in [-0.2, 0) is 9.59 Å². The topological polar surface area (TPSA) is 75.6 Å². The fourth-order valence-corrected chi connectivity index (χ4v) is 1.61. The van der Waals surface area contributed by atoms with Crippen LogP contribution < -0.4 is 10.1 Å². The summed E-state index contributed by atoms with van der Waals surface area (Å²) in [5.74, 6) is -1.02. The van der Waals surface area contributed by atoms with Crippen molar-refractivity contribution >= 4 is 17.6 Å². The van der Waals surface area contributed by atoms with Crippen molar-refractivity contribution in [2.45, 2.75) is 18.9 Å². The second-order valence-corrected chi connectivity index (χ2v) is 3.85. The van der Waals surface area contributed by atoms with Crippen LogP contribution in [0.15, 0.2) is 24.3 Å². The number of para-hydroxylation sites is 2. The molecule has 0 aliphatic carbocycles. The predicted molar refractivity (Wildman–Crippen MR) is 56.4 cm³/mol. The highest BCUT2D eigenvalue weighted by molar-refractivity contribution is 6.02. The van der Waals surface area contributed by atoms with E-state index in [4.69, 9.17) is 9.84 Å². The van der Waals surface area contributed by atoms with Gasteiger partial charge in [0.25, 0.3) is 5.91 Å². The van der Waals surface area contributed by atoms with E-state index >= 15 is 0 Å². The molecule has 0 radical (unpaired) electrons. The van der Waals surface area contributed by atoms with E-state index in [-0.39, 0.29) is 6.42 Å². The predicted octanol–water partition coefficient (Wildman–Crippen LogP) is 1.25. The monoisotopic (exact) mass is 221 g/mol. The summed E-state index contributed by atoms with van der Waals surface area (Å²) in [4.78, 5) is 22.4. The smallest absolute Gasteiger partial charge is 0.307 e. The van der Waals surface area contributed by atoms with Gasteiger partial charge in [-0.05, 0) is 19.1 Å². The van der Waals surface area contributed by atoms with Crippen LogP contribution in [-0.4, -0.2) is 22.6 Å². The molecule has 84 valence electrons. The Morgan fingerprint density at radius 1 is 1.50 bits per heavy atom. The van der Waals surface area contributed by atoms with Gasteiger partial charge in [0, 0.05) is 0 Å². The number of carbonyl (C=O) groups is 2. The number of carboxylic acids is 1. The largest absolute Gasteiger partial charge is 0.481 e. The van der Waals surface area contributed by atoms with Crippen LogP contribution in [0.3, 0.4) is 0 Å². The number of ether oxygens (including phenoxy) is 1. The molecule has 1 amide bonds. The summed E-state index contributed by atoms with van der Waals surface area (Å²) >= 11 is 0. The number of nitrogens with one attached hydrogen (secondary N) is 1. The first-order valence-corrected chi connectivity index (χ1v) is 4.82. The van der Waals surface area contributed by atoms with Gasteiger partial charge >= 0.3 is 5.97 Å². The Morgan fingerprint density at radius 2 is 2.19 bits per heavy atom. The lowest BCUT2D eigenvalue weighted by Crippen LogP contribution is -2.49. The molecule has 1 atom stereocenters. The van der Waals surface area contributed by atoms with Crippen LogP contribution in [0.2, 0.25) is 0 Å². The van der Waals surface area contributed by atoms with Crippen molar-refractivity contribution in [3.05, 3.63) is 24.3 Å². The molecule has 0 saturated heterocycles. The maximum atomic E-state index is 11.7. The molecular formula is C11H11NO4. The maximum absolute atomic E-state index is 11.7. The number of carbonyl (C=O) groups excluding carboxylic acids is 1. The van der Waals surface area contributed by atoms with Crippen LogP contribution in [0.25, 0.3) is 0 Å². The molecule has 1 heterocycles. The van der Waals surface area contributed by atoms with Crippen LogP contribution in [0, 0.1) is 0 Å². The number of carboxylic acid groups (broad SMARTS) is 1. The van der Waals surface area contributed by atoms with Crippen molar-refractivity contribution < 1.29 is 19.4 Å². The van der Waals surface area contributed by atoms with Gasteiger partial charge in [0.15, 0.2) is 5.60 Å². The lowest BCUT2D eigenvalue weighted by molar-refractivity contribution is -0.147. The maximum Gasteiger partial charge on any atom is 0.307 e. The number of hydrogen-bond donors (Lipinski definition) is 2. The summed E-state index contributed by atoms with van der Waals surface area (Å²) in [6.07, 6.45) is -0.368. The fraction of sp³-hybridized carbons (Fsp3) is 0.273. The molecule has 16 heavy (non-hydrogen) atoms. The lowest BCUT2D eigenvalue weighted by atomic mass is 9.99. The van der Waals surface area contributed by atoms with Gasteiger partial charge in [0.1, 0.15) is 5.75 Å². The molecular weight excluding hydrogens is 210 g/mol. The average molecular weight is 221 g/mol. The Balaban J connectivity index is 2.34. The minimum absolute atomic E-state index is 0.368. The summed E-state index contributed by atoms with van der Waals surface area (Å²) < 4.78 is 5.45. The first-order valence-electron chi connectivity index (χ1n) is 4.82.